The SMILES string of the molecule is O=C(Nc1ccc(OC(F)(F)F)cc1)C1C[C@H]2CCC[C@@H](C1)C21SCCS1. The van der Waals surface area contributed by atoms with E-state index in [1.165, 1.54) is 55.0 Å². The number of halogens is 3. The molecule has 2 saturated carbocycles. The number of carbonyl (C=O) groups excluding carboxylic acids is 1. The summed E-state index contributed by atoms with van der Waals surface area (Å²) in [5.74, 6) is 3.27. The third-order valence-corrected chi connectivity index (χ3v) is 9.86. The van der Waals surface area contributed by atoms with E-state index in [1.807, 2.05) is 0 Å². The molecule has 8 heteroatoms. The van der Waals surface area contributed by atoms with Crippen molar-refractivity contribution in [3.8, 4) is 5.75 Å². The molecule has 2 bridgehead atoms. The summed E-state index contributed by atoms with van der Waals surface area (Å²) in [6.07, 6.45) is 0.771. The lowest BCUT2D eigenvalue weighted by atomic mass is 9.67. The van der Waals surface area contributed by atoms with Gasteiger partial charge in [0.25, 0.3) is 0 Å². The molecule has 1 spiro atoms. The van der Waals surface area contributed by atoms with Crippen molar-refractivity contribution in [3.05, 3.63) is 24.3 Å². The molecule has 2 aliphatic carbocycles. The van der Waals surface area contributed by atoms with Crippen LogP contribution in [0.2, 0.25) is 0 Å². The van der Waals surface area contributed by atoms with Crippen molar-refractivity contribution < 1.29 is 22.7 Å². The number of benzene rings is 1. The highest BCUT2D eigenvalue weighted by Crippen LogP contribution is 2.64. The Hall–Kier alpha value is -1.02. The second kappa shape index (κ2) is 7.43. The number of hydrogen-bond donors (Lipinski definition) is 1. The Balaban J connectivity index is 1.39. The molecule has 3 nitrogen and oxygen atoms in total. The van der Waals surface area contributed by atoms with Gasteiger partial charge in [-0.25, -0.2) is 0 Å². The molecule has 1 heterocycles. The summed E-state index contributed by atoms with van der Waals surface area (Å²) in [6.45, 7) is 0. The minimum Gasteiger partial charge on any atom is -0.406 e. The molecular weight excluding hydrogens is 395 g/mol. The first-order valence-electron chi connectivity index (χ1n) is 9.30. The fraction of sp³-hybridized carbons (Fsp3) is 0.632. The Bertz CT molecular complexity index is 673. The largest absolute Gasteiger partial charge is 0.573 e. The predicted molar refractivity (Wildman–Crippen MR) is 103 cm³/mol. The average molecular weight is 418 g/mol. The lowest BCUT2D eigenvalue weighted by Crippen LogP contribution is -2.48. The van der Waals surface area contributed by atoms with E-state index in [-0.39, 0.29) is 17.6 Å². The van der Waals surface area contributed by atoms with Crippen LogP contribution in [-0.2, 0) is 4.79 Å². The van der Waals surface area contributed by atoms with Crippen molar-refractivity contribution in [1.82, 2.24) is 0 Å². The summed E-state index contributed by atoms with van der Waals surface area (Å²) in [4.78, 5) is 12.8. The molecule has 27 heavy (non-hydrogen) atoms. The number of carbonyl (C=O) groups is 1. The fourth-order valence-corrected chi connectivity index (χ4v) is 8.74. The number of ether oxygens (including phenoxy) is 1. The zero-order valence-corrected chi connectivity index (χ0v) is 16.4. The van der Waals surface area contributed by atoms with Gasteiger partial charge < -0.3 is 10.1 Å². The van der Waals surface area contributed by atoms with Crippen molar-refractivity contribution >= 4 is 35.1 Å². The van der Waals surface area contributed by atoms with Crippen molar-refractivity contribution in [2.45, 2.75) is 42.5 Å². The second-order valence-electron chi connectivity index (χ2n) is 7.47. The first-order chi connectivity index (χ1) is 12.9. The zero-order chi connectivity index (χ0) is 19.1. The van der Waals surface area contributed by atoms with E-state index in [9.17, 15) is 18.0 Å². The third-order valence-electron chi connectivity index (χ3n) is 5.85. The summed E-state index contributed by atoms with van der Waals surface area (Å²) in [7, 11) is 0. The first-order valence-corrected chi connectivity index (χ1v) is 11.3. The van der Waals surface area contributed by atoms with E-state index >= 15 is 0 Å². The third kappa shape index (κ3) is 4.06. The van der Waals surface area contributed by atoms with Crippen LogP contribution in [-0.4, -0.2) is 27.9 Å². The van der Waals surface area contributed by atoms with Gasteiger partial charge in [0.05, 0.1) is 4.08 Å². The Morgan fingerprint density at radius 3 is 2.22 bits per heavy atom. The molecule has 1 aliphatic heterocycles. The van der Waals surface area contributed by atoms with Gasteiger partial charge in [-0.05, 0) is 61.8 Å². The van der Waals surface area contributed by atoms with E-state index in [1.54, 1.807) is 0 Å². The van der Waals surface area contributed by atoms with Gasteiger partial charge in [-0.1, -0.05) is 6.42 Å². The summed E-state index contributed by atoms with van der Waals surface area (Å²) in [5.41, 5.74) is 0.504. The summed E-state index contributed by atoms with van der Waals surface area (Å²) >= 11 is 4.21. The minimum absolute atomic E-state index is 0.0146. The molecule has 4 rings (SSSR count). The van der Waals surface area contributed by atoms with Gasteiger partial charge >= 0.3 is 6.36 Å². The van der Waals surface area contributed by atoms with Gasteiger partial charge in [-0.2, -0.15) is 0 Å². The van der Waals surface area contributed by atoms with E-state index in [0.29, 0.717) is 21.6 Å². The maximum Gasteiger partial charge on any atom is 0.573 e. The van der Waals surface area contributed by atoms with Gasteiger partial charge in [-0.15, -0.1) is 36.7 Å². The van der Waals surface area contributed by atoms with Crippen molar-refractivity contribution in [2.24, 2.45) is 17.8 Å². The van der Waals surface area contributed by atoms with Gasteiger partial charge in [-0.3, -0.25) is 4.79 Å². The molecule has 1 aromatic rings. The quantitative estimate of drug-likeness (QED) is 0.702. The highest BCUT2D eigenvalue weighted by molar-refractivity contribution is 8.21. The molecule has 1 amide bonds. The van der Waals surface area contributed by atoms with E-state index in [4.69, 9.17) is 0 Å². The Morgan fingerprint density at radius 1 is 1.07 bits per heavy atom. The van der Waals surface area contributed by atoms with Crippen LogP contribution in [0.5, 0.6) is 5.75 Å². The van der Waals surface area contributed by atoms with Crippen LogP contribution < -0.4 is 10.1 Å². The average Bonchev–Trinajstić information content (AvgIpc) is 3.04. The number of anilines is 1. The molecule has 1 aromatic carbocycles. The van der Waals surface area contributed by atoms with E-state index in [2.05, 4.69) is 33.6 Å². The molecule has 1 N–H and O–H groups in total. The first kappa shape index (κ1) is 19.3. The highest BCUT2D eigenvalue weighted by Gasteiger charge is 2.55. The maximum absolute atomic E-state index is 12.8. The number of rotatable bonds is 3. The van der Waals surface area contributed by atoms with Crippen LogP contribution in [0.15, 0.2) is 24.3 Å². The van der Waals surface area contributed by atoms with Gasteiger partial charge in [0.15, 0.2) is 0 Å². The summed E-state index contributed by atoms with van der Waals surface area (Å²) < 4.78 is 40.9. The number of nitrogens with one attached hydrogen (secondary N) is 1. The predicted octanol–water partition coefficient (Wildman–Crippen LogP) is 5.53. The fourth-order valence-electron chi connectivity index (χ4n) is 4.81. The monoisotopic (exact) mass is 417 g/mol. The Kier molecular flexibility index (Phi) is 5.31. The molecule has 1 saturated heterocycles. The molecule has 3 aliphatic rings. The van der Waals surface area contributed by atoms with Crippen LogP contribution >= 0.6 is 23.5 Å². The van der Waals surface area contributed by atoms with Gasteiger partial charge in [0.1, 0.15) is 5.75 Å². The van der Waals surface area contributed by atoms with Crippen LogP contribution in [0.4, 0.5) is 18.9 Å². The summed E-state index contributed by atoms with van der Waals surface area (Å²) in [5, 5.41) is 2.88. The Morgan fingerprint density at radius 2 is 1.67 bits per heavy atom. The van der Waals surface area contributed by atoms with Crippen molar-refractivity contribution in [1.29, 1.82) is 0 Å². The van der Waals surface area contributed by atoms with Crippen LogP contribution in [0.25, 0.3) is 0 Å². The molecule has 3 atom stereocenters. The van der Waals surface area contributed by atoms with Crippen LogP contribution in [0, 0.1) is 17.8 Å². The van der Waals surface area contributed by atoms with E-state index in [0.717, 1.165) is 12.8 Å². The maximum atomic E-state index is 12.8. The topological polar surface area (TPSA) is 38.3 Å². The number of amides is 1. The van der Waals surface area contributed by atoms with Crippen molar-refractivity contribution in [2.75, 3.05) is 16.8 Å². The van der Waals surface area contributed by atoms with Crippen LogP contribution in [0.1, 0.15) is 32.1 Å². The van der Waals surface area contributed by atoms with Crippen molar-refractivity contribution in [3.63, 3.8) is 0 Å². The molecule has 0 radical (unpaired) electrons. The highest BCUT2D eigenvalue weighted by atomic mass is 32.2. The standard InChI is InChI=1S/C19H22F3NO2S2/c20-19(21,22)25-16-6-4-15(5-7-16)23-17(24)12-10-13-2-1-3-14(11-12)18(13)26-8-9-27-18/h4-7,12-14H,1-3,8-11H2,(H,23,24)/t12?,13-,14+. The zero-order valence-electron chi connectivity index (χ0n) is 14.8. The molecular formula is C19H22F3NO2S2. The smallest absolute Gasteiger partial charge is 0.406 e. The Labute approximate surface area is 165 Å². The minimum atomic E-state index is -4.71. The number of hydrogen-bond acceptors (Lipinski definition) is 4. The van der Waals surface area contributed by atoms with E-state index < -0.39 is 6.36 Å². The molecule has 148 valence electrons. The van der Waals surface area contributed by atoms with Gasteiger partial charge in [0, 0.05) is 23.1 Å². The normalized spacial score (nSPS) is 29.5. The lowest BCUT2D eigenvalue weighted by molar-refractivity contribution is -0.274. The summed E-state index contributed by atoms with van der Waals surface area (Å²) in [6, 6.07) is 5.35. The van der Waals surface area contributed by atoms with Crippen LogP contribution in [0.3, 0.4) is 0 Å². The number of alkyl halides is 3. The molecule has 0 aromatic heterocycles. The number of thioether (sulfide) groups is 2. The second-order valence-corrected chi connectivity index (χ2v) is 10.5. The van der Waals surface area contributed by atoms with Gasteiger partial charge in [0.2, 0.25) is 5.91 Å². The molecule has 3 fully saturated rings. The lowest BCUT2D eigenvalue weighted by Gasteiger charge is -2.52. The molecule has 1 unspecified atom stereocenters.